The number of amides is 2. The van der Waals surface area contributed by atoms with Gasteiger partial charge in [0.05, 0.1) is 5.92 Å². The van der Waals surface area contributed by atoms with Crippen LogP contribution in [0, 0.1) is 11.8 Å². The van der Waals surface area contributed by atoms with Gasteiger partial charge in [-0.05, 0) is 25.7 Å². The number of nitrogens with one attached hydrogen (secondary N) is 2. The summed E-state index contributed by atoms with van der Waals surface area (Å²) in [5, 5.41) is 12.3. The lowest BCUT2D eigenvalue weighted by molar-refractivity contribution is -0.142. The Morgan fingerprint density at radius 1 is 1.38 bits per heavy atom. The number of likely N-dealkylation sites (tertiary alicyclic amines) is 1. The number of hydrazine groups is 1. The number of rotatable bonds is 8. The molecule has 0 aliphatic carbocycles. The van der Waals surface area contributed by atoms with Crippen molar-refractivity contribution in [1.29, 1.82) is 0 Å². The Morgan fingerprint density at radius 3 is 2.46 bits per heavy atom. The highest BCUT2D eigenvalue weighted by atomic mass is 35.5. The van der Waals surface area contributed by atoms with E-state index in [0.29, 0.717) is 13.1 Å². The summed E-state index contributed by atoms with van der Waals surface area (Å²) in [5.74, 6) is 3.51. The Labute approximate surface area is 148 Å². The van der Waals surface area contributed by atoms with Crippen molar-refractivity contribution in [3.63, 3.8) is 0 Å². The Morgan fingerprint density at radius 2 is 2.00 bits per heavy atom. The maximum atomic E-state index is 11.7. The summed E-state index contributed by atoms with van der Waals surface area (Å²) >= 11 is 0. The van der Waals surface area contributed by atoms with Gasteiger partial charge in [-0.2, -0.15) is 0 Å². The normalized spacial score (nSPS) is 23.0. The second-order valence-electron chi connectivity index (χ2n) is 6.29. The zero-order valence-electron chi connectivity index (χ0n) is 14.4. The molecule has 2 amide bonds. The van der Waals surface area contributed by atoms with E-state index < -0.39 is 17.9 Å². The van der Waals surface area contributed by atoms with E-state index in [2.05, 4.69) is 17.7 Å². The fourth-order valence-electron chi connectivity index (χ4n) is 3.28. The van der Waals surface area contributed by atoms with Crippen LogP contribution in [-0.4, -0.2) is 53.0 Å². The van der Waals surface area contributed by atoms with E-state index in [4.69, 9.17) is 5.84 Å². The number of carbonyl (C=O) groups excluding carboxylic acids is 2. The van der Waals surface area contributed by atoms with Crippen LogP contribution in [0.4, 0.5) is 0 Å². The predicted molar refractivity (Wildman–Crippen MR) is 92.4 cm³/mol. The summed E-state index contributed by atoms with van der Waals surface area (Å²) < 4.78 is 0. The van der Waals surface area contributed by atoms with Gasteiger partial charge < -0.3 is 10.4 Å². The number of carboxylic acids is 1. The molecular formula is C15H29ClN4O4. The lowest BCUT2D eigenvalue weighted by Gasteiger charge is -2.30. The Hall–Kier alpha value is -1.38. The van der Waals surface area contributed by atoms with Crippen LogP contribution in [0.15, 0.2) is 0 Å². The zero-order valence-corrected chi connectivity index (χ0v) is 15.3. The third-order valence-corrected chi connectivity index (χ3v) is 4.47. The fraction of sp³-hybridized carbons (Fsp3) is 0.800. The molecule has 8 nitrogen and oxygen atoms in total. The molecule has 0 aromatic heterocycles. The second kappa shape index (κ2) is 10.5. The molecule has 0 radical (unpaired) electrons. The van der Waals surface area contributed by atoms with Crippen molar-refractivity contribution in [2.75, 3.05) is 13.1 Å². The van der Waals surface area contributed by atoms with Crippen LogP contribution in [0.5, 0.6) is 0 Å². The molecule has 24 heavy (non-hydrogen) atoms. The second-order valence-corrected chi connectivity index (χ2v) is 6.29. The highest BCUT2D eigenvalue weighted by Gasteiger charge is 2.41. The van der Waals surface area contributed by atoms with Crippen molar-refractivity contribution in [2.45, 2.75) is 52.1 Å². The van der Waals surface area contributed by atoms with Crippen LogP contribution in [0.25, 0.3) is 0 Å². The molecule has 4 atom stereocenters. The Kier molecular flexibility index (Phi) is 9.88. The van der Waals surface area contributed by atoms with Gasteiger partial charge in [0, 0.05) is 26.1 Å². The van der Waals surface area contributed by atoms with Gasteiger partial charge in [0.1, 0.15) is 6.04 Å². The van der Waals surface area contributed by atoms with E-state index >= 15 is 0 Å². The van der Waals surface area contributed by atoms with Gasteiger partial charge in [0.15, 0.2) is 0 Å². The Balaban J connectivity index is 0.00000529. The zero-order chi connectivity index (χ0) is 17.6. The minimum absolute atomic E-state index is 0. The lowest BCUT2D eigenvalue weighted by atomic mass is 9.95. The maximum Gasteiger partial charge on any atom is 0.320 e. The first-order valence-electron chi connectivity index (χ1n) is 8.04. The molecule has 1 rings (SSSR count). The van der Waals surface area contributed by atoms with Gasteiger partial charge in [-0.3, -0.25) is 24.7 Å². The van der Waals surface area contributed by atoms with E-state index in [1.54, 1.807) is 0 Å². The van der Waals surface area contributed by atoms with Crippen molar-refractivity contribution in [2.24, 2.45) is 17.7 Å². The van der Waals surface area contributed by atoms with E-state index in [9.17, 15) is 19.5 Å². The van der Waals surface area contributed by atoms with Gasteiger partial charge in [0.2, 0.25) is 11.8 Å². The molecule has 1 heterocycles. The smallest absolute Gasteiger partial charge is 0.320 e. The summed E-state index contributed by atoms with van der Waals surface area (Å²) in [7, 11) is 0. The van der Waals surface area contributed by atoms with Crippen LogP contribution in [0.1, 0.15) is 40.0 Å². The fourth-order valence-corrected chi connectivity index (χ4v) is 3.28. The number of carbonyl (C=O) groups is 3. The number of nitrogens with zero attached hydrogens (tertiary/aromatic N) is 1. The van der Waals surface area contributed by atoms with Crippen molar-refractivity contribution < 1.29 is 19.5 Å². The molecule has 0 aromatic rings. The van der Waals surface area contributed by atoms with Crippen LogP contribution in [-0.2, 0) is 14.4 Å². The monoisotopic (exact) mass is 364 g/mol. The van der Waals surface area contributed by atoms with E-state index in [-0.39, 0.29) is 42.6 Å². The quantitative estimate of drug-likeness (QED) is 0.275. The van der Waals surface area contributed by atoms with Crippen LogP contribution in [0.2, 0.25) is 0 Å². The van der Waals surface area contributed by atoms with E-state index in [1.807, 2.05) is 11.8 Å². The average molecular weight is 365 g/mol. The Bertz CT molecular complexity index is 449. The largest absolute Gasteiger partial charge is 0.480 e. The van der Waals surface area contributed by atoms with Gasteiger partial charge in [0.25, 0.3) is 0 Å². The molecule has 1 aliphatic rings. The van der Waals surface area contributed by atoms with Gasteiger partial charge in [-0.1, -0.05) is 13.3 Å². The molecule has 3 unspecified atom stereocenters. The van der Waals surface area contributed by atoms with Crippen LogP contribution < -0.4 is 16.6 Å². The average Bonchev–Trinajstić information content (AvgIpc) is 2.89. The molecule has 9 heteroatoms. The molecule has 0 bridgehead atoms. The molecular weight excluding hydrogens is 336 g/mol. The number of nitrogens with two attached hydrogens (primary N) is 1. The first kappa shape index (κ1) is 22.6. The third-order valence-electron chi connectivity index (χ3n) is 4.47. The molecule has 5 N–H and O–H groups in total. The summed E-state index contributed by atoms with van der Waals surface area (Å²) in [6.07, 6.45) is 2.07. The van der Waals surface area contributed by atoms with Crippen molar-refractivity contribution >= 4 is 30.2 Å². The molecule has 140 valence electrons. The maximum absolute atomic E-state index is 11.7. The molecule has 0 spiro atoms. The van der Waals surface area contributed by atoms with Gasteiger partial charge in [-0.25, -0.2) is 5.84 Å². The summed E-state index contributed by atoms with van der Waals surface area (Å²) in [5.41, 5.74) is 2.10. The third kappa shape index (κ3) is 6.26. The number of hydrogen-bond acceptors (Lipinski definition) is 5. The summed E-state index contributed by atoms with van der Waals surface area (Å²) in [6, 6.07) is -0.745. The van der Waals surface area contributed by atoms with E-state index in [0.717, 1.165) is 12.8 Å². The number of carboxylic acid groups (broad SMARTS) is 1. The number of halogens is 1. The molecule has 0 saturated carbocycles. The van der Waals surface area contributed by atoms with Crippen LogP contribution >= 0.6 is 12.4 Å². The number of aliphatic carboxylic acids is 1. The molecule has 1 aliphatic heterocycles. The summed E-state index contributed by atoms with van der Waals surface area (Å²) in [6.45, 7) is 6.35. The summed E-state index contributed by atoms with van der Waals surface area (Å²) in [4.78, 5) is 36.3. The molecule has 1 saturated heterocycles. The molecule has 1 fully saturated rings. The SMILES string of the molecule is CCC[C@@H](CN1CC(C(=O)NN)CC1C(=O)O)C(C)NC(C)=O.Cl. The van der Waals surface area contributed by atoms with Crippen molar-refractivity contribution in [1.82, 2.24) is 15.6 Å². The standard InChI is InChI=1S/C15H28N4O4.ClH/c1-4-5-11(9(2)17-10(3)20)7-19-8-12(14(21)18-16)6-13(19)15(22)23;/h9,11-13H,4-8,16H2,1-3H3,(H,17,20)(H,18,21)(H,22,23);1H/t9?,11-,12?,13?;/m0./s1. The van der Waals surface area contributed by atoms with E-state index in [1.165, 1.54) is 6.92 Å². The number of hydrogen-bond donors (Lipinski definition) is 4. The van der Waals surface area contributed by atoms with Crippen LogP contribution in [0.3, 0.4) is 0 Å². The van der Waals surface area contributed by atoms with Gasteiger partial charge >= 0.3 is 5.97 Å². The lowest BCUT2D eigenvalue weighted by Crippen LogP contribution is -2.45. The van der Waals surface area contributed by atoms with Gasteiger partial charge in [-0.15, -0.1) is 12.4 Å². The minimum Gasteiger partial charge on any atom is -0.480 e. The first-order chi connectivity index (χ1) is 10.8. The minimum atomic E-state index is -0.931. The van der Waals surface area contributed by atoms with Crippen molar-refractivity contribution in [3.8, 4) is 0 Å². The highest BCUT2D eigenvalue weighted by Crippen LogP contribution is 2.26. The first-order valence-corrected chi connectivity index (χ1v) is 8.04. The topological polar surface area (TPSA) is 125 Å². The molecule has 0 aromatic carbocycles. The predicted octanol–water partition coefficient (Wildman–Crippen LogP) is 0.114. The highest BCUT2D eigenvalue weighted by molar-refractivity contribution is 5.85. The van der Waals surface area contributed by atoms with Crippen molar-refractivity contribution in [3.05, 3.63) is 0 Å².